The quantitative estimate of drug-likeness (QED) is 0.621. The molecule has 0 saturated carbocycles. The summed E-state index contributed by atoms with van der Waals surface area (Å²) in [6.07, 6.45) is 1.41. The Bertz CT molecular complexity index is 384. The molecule has 0 aliphatic heterocycles. The molecule has 1 aliphatic rings. The van der Waals surface area contributed by atoms with Gasteiger partial charge in [0.1, 0.15) is 5.76 Å². The van der Waals surface area contributed by atoms with E-state index in [1.165, 1.54) is 13.0 Å². The van der Waals surface area contributed by atoms with Crippen molar-refractivity contribution in [2.75, 3.05) is 0 Å². The molecule has 0 atom stereocenters. The van der Waals surface area contributed by atoms with E-state index in [4.69, 9.17) is 4.74 Å². The fraction of sp³-hybridized carbons (Fsp3) is 0.500. The number of esters is 1. The first kappa shape index (κ1) is 11.7. The number of hydrogen-bond donors (Lipinski definition) is 0. The molecule has 3 nitrogen and oxygen atoms in total. The smallest absolute Gasteiger partial charge is 0.308 e. The molecule has 0 N–H and O–H groups in total. The van der Waals surface area contributed by atoms with Gasteiger partial charge in [-0.05, 0) is 33.3 Å². The van der Waals surface area contributed by atoms with Crippen LogP contribution in [0.25, 0.3) is 0 Å². The molecule has 0 heterocycles. The highest BCUT2D eigenvalue weighted by atomic mass is 16.5. The van der Waals surface area contributed by atoms with Crippen molar-refractivity contribution < 1.29 is 14.3 Å². The highest BCUT2D eigenvalue weighted by molar-refractivity contribution is 5.99. The standard InChI is InChI=1S/C12H16O3/c1-7-8(2)12(4,5)11(14)6-10(7)15-9(3)13/h6H,1-5H3. The van der Waals surface area contributed by atoms with Crippen LogP contribution in [0.5, 0.6) is 0 Å². The third-order valence-corrected chi connectivity index (χ3v) is 3.00. The Morgan fingerprint density at radius 3 is 2.33 bits per heavy atom. The monoisotopic (exact) mass is 208 g/mol. The van der Waals surface area contributed by atoms with Crippen LogP contribution >= 0.6 is 0 Å². The first-order chi connectivity index (χ1) is 6.76. The molecule has 3 heteroatoms. The van der Waals surface area contributed by atoms with Gasteiger partial charge in [-0.2, -0.15) is 0 Å². The van der Waals surface area contributed by atoms with Crippen LogP contribution < -0.4 is 0 Å². The first-order valence-corrected chi connectivity index (χ1v) is 4.89. The zero-order valence-corrected chi connectivity index (χ0v) is 9.80. The van der Waals surface area contributed by atoms with Crippen molar-refractivity contribution in [1.29, 1.82) is 0 Å². The third-order valence-electron chi connectivity index (χ3n) is 3.00. The fourth-order valence-electron chi connectivity index (χ4n) is 1.51. The predicted octanol–water partition coefficient (Wildman–Crippen LogP) is 2.38. The molecular weight excluding hydrogens is 192 g/mol. The van der Waals surface area contributed by atoms with Gasteiger partial charge in [0, 0.05) is 18.4 Å². The van der Waals surface area contributed by atoms with Gasteiger partial charge in [0.25, 0.3) is 0 Å². The van der Waals surface area contributed by atoms with E-state index in [0.29, 0.717) is 5.76 Å². The minimum absolute atomic E-state index is 0.0261. The molecule has 0 unspecified atom stereocenters. The highest BCUT2D eigenvalue weighted by Gasteiger charge is 2.34. The summed E-state index contributed by atoms with van der Waals surface area (Å²) in [4.78, 5) is 22.6. The minimum Gasteiger partial charge on any atom is -0.426 e. The van der Waals surface area contributed by atoms with Crippen LogP contribution in [0.3, 0.4) is 0 Å². The summed E-state index contributed by atoms with van der Waals surface area (Å²) in [5.74, 6) is -0.0490. The highest BCUT2D eigenvalue weighted by Crippen LogP contribution is 2.36. The first-order valence-electron chi connectivity index (χ1n) is 4.89. The number of allylic oxidation sites excluding steroid dienone is 3. The molecule has 0 bridgehead atoms. The Kier molecular flexibility index (Phi) is 2.84. The van der Waals surface area contributed by atoms with Gasteiger partial charge in [-0.15, -0.1) is 0 Å². The summed E-state index contributed by atoms with van der Waals surface area (Å²) in [6, 6.07) is 0. The van der Waals surface area contributed by atoms with E-state index >= 15 is 0 Å². The summed E-state index contributed by atoms with van der Waals surface area (Å²) in [6.45, 7) is 8.82. The second-order valence-corrected chi connectivity index (χ2v) is 4.34. The number of carbonyl (C=O) groups is 2. The topological polar surface area (TPSA) is 43.4 Å². The van der Waals surface area contributed by atoms with Gasteiger partial charge in [-0.3, -0.25) is 9.59 Å². The molecule has 0 fully saturated rings. The van der Waals surface area contributed by atoms with Gasteiger partial charge in [0.05, 0.1) is 0 Å². The number of rotatable bonds is 1. The SMILES string of the molecule is CC(=O)OC1=CC(=O)C(C)(C)C(C)=C1C. The lowest BCUT2D eigenvalue weighted by atomic mass is 9.75. The largest absolute Gasteiger partial charge is 0.426 e. The zero-order chi connectivity index (χ0) is 11.8. The Morgan fingerprint density at radius 2 is 1.87 bits per heavy atom. The number of ketones is 1. The molecule has 0 aromatic rings. The summed E-state index contributed by atoms with van der Waals surface area (Å²) in [5, 5.41) is 0. The Morgan fingerprint density at radius 1 is 1.33 bits per heavy atom. The molecule has 0 amide bonds. The van der Waals surface area contributed by atoms with Gasteiger partial charge in [-0.1, -0.05) is 5.57 Å². The van der Waals surface area contributed by atoms with E-state index < -0.39 is 11.4 Å². The van der Waals surface area contributed by atoms with E-state index in [-0.39, 0.29) is 5.78 Å². The number of hydrogen-bond acceptors (Lipinski definition) is 3. The van der Waals surface area contributed by atoms with Gasteiger partial charge in [0.2, 0.25) is 0 Å². The van der Waals surface area contributed by atoms with E-state index in [2.05, 4.69) is 0 Å². The van der Waals surface area contributed by atoms with E-state index in [0.717, 1.165) is 11.1 Å². The van der Waals surface area contributed by atoms with Crippen LogP contribution in [0, 0.1) is 5.41 Å². The normalized spacial score (nSPS) is 20.1. The average Bonchev–Trinajstić information content (AvgIpc) is 2.11. The minimum atomic E-state index is -0.492. The average molecular weight is 208 g/mol. The molecule has 82 valence electrons. The lowest BCUT2D eigenvalue weighted by Gasteiger charge is -2.29. The van der Waals surface area contributed by atoms with Crippen molar-refractivity contribution in [3.8, 4) is 0 Å². The third kappa shape index (κ3) is 2.01. The predicted molar refractivity (Wildman–Crippen MR) is 57.0 cm³/mol. The van der Waals surface area contributed by atoms with Crippen LogP contribution in [0.15, 0.2) is 23.0 Å². The lowest BCUT2D eigenvalue weighted by molar-refractivity contribution is -0.136. The summed E-state index contributed by atoms with van der Waals surface area (Å²) >= 11 is 0. The van der Waals surface area contributed by atoms with Crippen LogP contribution in [-0.4, -0.2) is 11.8 Å². The molecule has 0 spiro atoms. The van der Waals surface area contributed by atoms with E-state index in [1.54, 1.807) is 0 Å². The van der Waals surface area contributed by atoms with Gasteiger partial charge >= 0.3 is 5.97 Å². The zero-order valence-electron chi connectivity index (χ0n) is 9.80. The van der Waals surface area contributed by atoms with Crippen molar-refractivity contribution in [3.63, 3.8) is 0 Å². The van der Waals surface area contributed by atoms with E-state index in [1.807, 2.05) is 27.7 Å². The van der Waals surface area contributed by atoms with Crippen molar-refractivity contribution in [2.24, 2.45) is 5.41 Å². The Balaban J connectivity index is 3.15. The molecule has 15 heavy (non-hydrogen) atoms. The Hall–Kier alpha value is -1.38. The maximum Gasteiger partial charge on any atom is 0.308 e. The maximum absolute atomic E-state index is 11.8. The molecule has 0 saturated heterocycles. The van der Waals surface area contributed by atoms with E-state index in [9.17, 15) is 9.59 Å². The number of ether oxygens (including phenoxy) is 1. The summed E-state index contributed by atoms with van der Waals surface area (Å²) < 4.78 is 4.98. The summed E-state index contributed by atoms with van der Waals surface area (Å²) in [5.41, 5.74) is 1.33. The summed E-state index contributed by atoms with van der Waals surface area (Å²) in [7, 11) is 0. The Labute approximate surface area is 89.8 Å². The fourth-order valence-corrected chi connectivity index (χ4v) is 1.51. The van der Waals surface area contributed by atoms with Crippen LogP contribution in [0.1, 0.15) is 34.6 Å². The molecule has 1 aliphatic carbocycles. The molecular formula is C12H16O3. The van der Waals surface area contributed by atoms with Crippen LogP contribution in [0.2, 0.25) is 0 Å². The molecule has 1 rings (SSSR count). The van der Waals surface area contributed by atoms with Crippen LogP contribution in [-0.2, 0) is 14.3 Å². The molecule has 0 radical (unpaired) electrons. The van der Waals surface area contributed by atoms with Crippen molar-refractivity contribution >= 4 is 11.8 Å². The van der Waals surface area contributed by atoms with Crippen molar-refractivity contribution in [1.82, 2.24) is 0 Å². The second kappa shape index (κ2) is 3.65. The van der Waals surface area contributed by atoms with Gasteiger partial charge in [0.15, 0.2) is 5.78 Å². The molecule has 0 aromatic heterocycles. The second-order valence-electron chi connectivity index (χ2n) is 4.34. The van der Waals surface area contributed by atoms with Gasteiger partial charge < -0.3 is 4.74 Å². The molecule has 0 aromatic carbocycles. The van der Waals surface area contributed by atoms with Crippen LogP contribution in [0.4, 0.5) is 0 Å². The van der Waals surface area contributed by atoms with Gasteiger partial charge in [-0.25, -0.2) is 0 Å². The number of carbonyl (C=O) groups excluding carboxylic acids is 2. The lowest BCUT2D eigenvalue weighted by Crippen LogP contribution is -2.29. The maximum atomic E-state index is 11.8. The van der Waals surface area contributed by atoms with Crippen molar-refractivity contribution in [2.45, 2.75) is 34.6 Å². The van der Waals surface area contributed by atoms with Crippen molar-refractivity contribution in [3.05, 3.63) is 23.0 Å².